The number of para-hydroxylation sites is 2. The number of nitrogen functional groups attached to an aromatic ring is 1. The maximum absolute atomic E-state index is 6.01. The SMILES string of the molecule is CCN(CCn1c(N)nc2ccccc21)C1CC1. The molecule has 0 radical (unpaired) electrons. The Morgan fingerprint density at radius 1 is 1.39 bits per heavy atom. The van der Waals surface area contributed by atoms with Gasteiger partial charge in [-0.2, -0.15) is 0 Å². The third kappa shape index (κ3) is 2.08. The van der Waals surface area contributed by atoms with E-state index >= 15 is 0 Å². The average molecular weight is 244 g/mol. The van der Waals surface area contributed by atoms with Crippen LogP contribution in [0.2, 0.25) is 0 Å². The third-order valence-electron chi connectivity index (χ3n) is 3.76. The minimum atomic E-state index is 0.628. The van der Waals surface area contributed by atoms with Crippen LogP contribution in [0, 0.1) is 0 Å². The lowest BCUT2D eigenvalue weighted by molar-refractivity contribution is 0.268. The third-order valence-corrected chi connectivity index (χ3v) is 3.76. The summed E-state index contributed by atoms with van der Waals surface area (Å²) in [5.41, 5.74) is 8.14. The number of likely N-dealkylation sites (N-methyl/N-ethyl adjacent to an activating group) is 1. The van der Waals surface area contributed by atoms with E-state index < -0.39 is 0 Å². The fraction of sp³-hybridized carbons (Fsp3) is 0.500. The number of benzene rings is 1. The molecule has 2 N–H and O–H groups in total. The van der Waals surface area contributed by atoms with E-state index in [-0.39, 0.29) is 0 Å². The summed E-state index contributed by atoms with van der Waals surface area (Å²) in [7, 11) is 0. The van der Waals surface area contributed by atoms with Crippen molar-refractivity contribution < 1.29 is 0 Å². The van der Waals surface area contributed by atoms with E-state index in [1.807, 2.05) is 18.2 Å². The largest absolute Gasteiger partial charge is 0.369 e. The Morgan fingerprint density at radius 3 is 2.89 bits per heavy atom. The monoisotopic (exact) mass is 244 g/mol. The molecule has 2 aromatic rings. The van der Waals surface area contributed by atoms with Gasteiger partial charge in [0.15, 0.2) is 0 Å². The summed E-state index contributed by atoms with van der Waals surface area (Å²) in [4.78, 5) is 6.94. The molecule has 1 fully saturated rings. The van der Waals surface area contributed by atoms with Crippen LogP contribution in [0.4, 0.5) is 5.95 Å². The van der Waals surface area contributed by atoms with Crippen LogP contribution in [0.15, 0.2) is 24.3 Å². The average Bonchev–Trinajstić information content (AvgIpc) is 3.15. The van der Waals surface area contributed by atoms with Crippen LogP contribution in [0.25, 0.3) is 11.0 Å². The topological polar surface area (TPSA) is 47.1 Å². The van der Waals surface area contributed by atoms with E-state index in [9.17, 15) is 0 Å². The van der Waals surface area contributed by atoms with Crippen molar-refractivity contribution in [2.24, 2.45) is 0 Å². The quantitative estimate of drug-likeness (QED) is 0.876. The summed E-state index contributed by atoms with van der Waals surface area (Å²) in [5.74, 6) is 0.628. The van der Waals surface area contributed by atoms with Crippen LogP contribution >= 0.6 is 0 Å². The minimum absolute atomic E-state index is 0.628. The Hall–Kier alpha value is -1.55. The molecule has 1 aliphatic carbocycles. The first-order valence-electron chi connectivity index (χ1n) is 6.74. The highest BCUT2D eigenvalue weighted by atomic mass is 15.2. The van der Waals surface area contributed by atoms with Gasteiger partial charge in [-0.1, -0.05) is 19.1 Å². The Balaban J connectivity index is 1.79. The Kier molecular flexibility index (Phi) is 2.96. The predicted octanol–water partition coefficient (Wildman–Crippen LogP) is 2.10. The van der Waals surface area contributed by atoms with Crippen LogP contribution in [-0.4, -0.2) is 33.6 Å². The maximum Gasteiger partial charge on any atom is 0.201 e. The van der Waals surface area contributed by atoms with Gasteiger partial charge in [-0.25, -0.2) is 4.98 Å². The number of imidazole rings is 1. The molecule has 4 heteroatoms. The fourth-order valence-corrected chi connectivity index (χ4v) is 2.60. The summed E-state index contributed by atoms with van der Waals surface area (Å²) in [6.45, 7) is 5.34. The molecular formula is C14H20N4. The van der Waals surface area contributed by atoms with E-state index in [4.69, 9.17) is 5.73 Å². The summed E-state index contributed by atoms with van der Waals surface area (Å²) in [6.07, 6.45) is 2.71. The van der Waals surface area contributed by atoms with Crippen molar-refractivity contribution in [2.45, 2.75) is 32.4 Å². The number of rotatable bonds is 5. The first kappa shape index (κ1) is 11.5. The number of aromatic nitrogens is 2. The number of anilines is 1. The highest BCUT2D eigenvalue weighted by Gasteiger charge is 2.27. The minimum Gasteiger partial charge on any atom is -0.369 e. The van der Waals surface area contributed by atoms with Crippen molar-refractivity contribution in [1.82, 2.24) is 14.5 Å². The Bertz CT molecular complexity index is 542. The molecule has 0 bridgehead atoms. The number of hydrogen-bond donors (Lipinski definition) is 1. The van der Waals surface area contributed by atoms with Crippen molar-refractivity contribution >= 4 is 17.0 Å². The first-order valence-corrected chi connectivity index (χ1v) is 6.74. The van der Waals surface area contributed by atoms with Crippen molar-refractivity contribution in [3.8, 4) is 0 Å². The van der Waals surface area contributed by atoms with Gasteiger partial charge >= 0.3 is 0 Å². The summed E-state index contributed by atoms with van der Waals surface area (Å²) >= 11 is 0. The van der Waals surface area contributed by atoms with E-state index in [1.165, 1.54) is 12.8 Å². The van der Waals surface area contributed by atoms with Crippen LogP contribution in [0.5, 0.6) is 0 Å². The molecule has 4 nitrogen and oxygen atoms in total. The molecule has 0 atom stereocenters. The van der Waals surface area contributed by atoms with Crippen molar-refractivity contribution in [2.75, 3.05) is 18.8 Å². The molecular weight excluding hydrogens is 224 g/mol. The zero-order chi connectivity index (χ0) is 12.5. The second-order valence-corrected chi connectivity index (χ2v) is 4.97. The molecule has 1 heterocycles. The Morgan fingerprint density at radius 2 is 2.17 bits per heavy atom. The molecule has 3 rings (SSSR count). The van der Waals surface area contributed by atoms with Gasteiger partial charge in [-0.3, -0.25) is 4.90 Å². The standard InChI is InChI=1S/C14H20N4/c1-2-17(11-7-8-11)9-10-18-13-6-4-3-5-12(13)16-14(18)15/h3-6,11H,2,7-10H2,1H3,(H2,15,16). The number of nitrogens with two attached hydrogens (primary N) is 1. The predicted molar refractivity (Wildman–Crippen MR) is 74.4 cm³/mol. The van der Waals surface area contributed by atoms with Crippen molar-refractivity contribution in [3.05, 3.63) is 24.3 Å². The lowest BCUT2D eigenvalue weighted by Crippen LogP contribution is -2.29. The van der Waals surface area contributed by atoms with Crippen LogP contribution in [0.3, 0.4) is 0 Å². The molecule has 1 saturated carbocycles. The molecule has 0 saturated heterocycles. The van der Waals surface area contributed by atoms with E-state index in [0.29, 0.717) is 5.95 Å². The van der Waals surface area contributed by atoms with Gasteiger partial charge in [0.1, 0.15) is 0 Å². The molecule has 96 valence electrons. The van der Waals surface area contributed by atoms with Gasteiger partial charge in [0, 0.05) is 19.1 Å². The van der Waals surface area contributed by atoms with Gasteiger partial charge < -0.3 is 10.3 Å². The molecule has 1 aromatic carbocycles. The number of hydrogen-bond acceptors (Lipinski definition) is 3. The van der Waals surface area contributed by atoms with Crippen molar-refractivity contribution in [3.63, 3.8) is 0 Å². The van der Waals surface area contributed by atoms with Crippen molar-refractivity contribution in [1.29, 1.82) is 0 Å². The number of nitrogens with zero attached hydrogens (tertiary/aromatic N) is 3. The summed E-state index contributed by atoms with van der Waals surface area (Å²) < 4.78 is 2.13. The van der Waals surface area contributed by atoms with Gasteiger partial charge in [0.25, 0.3) is 0 Å². The first-order chi connectivity index (χ1) is 8.79. The molecule has 1 aliphatic rings. The normalized spacial score (nSPS) is 15.7. The number of fused-ring (bicyclic) bond motifs is 1. The molecule has 0 spiro atoms. The van der Waals surface area contributed by atoms with Gasteiger partial charge in [0.2, 0.25) is 5.95 Å². The van der Waals surface area contributed by atoms with Gasteiger partial charge in [-0.15, -0.1) is 0 Å². The zero-order valence-corrected chi connectivity index (χ0v) is 10.8. The molecule has 1 aromatic heterocycles. The highest BCUT2D eigenvalue weighted by molar-refractivity contribution is 5.78. The van der Waals surface area contributed by atoms with E-state index in [2.05, 4.69) is 27.4 Å². The van der Waals surface area contributed by atoms with Gasteiger partial charge in [-0.05, 0) is 31.5 Å². The summed E-state index contributed by atoms with van der Waals surface area (Å²) in [5, 5.41) is 0. The lowest BCUT2D eigenvalue weighted by Gasteiger charge is -2.20. The fourth-order valence-electron chi connectivity index (χ4n) is 2.60. The van der Waals surface area contributed by atoms with E-state index in [0.717, 1.165) is 36.7 Å². The van der Waals surface area contributed by atoms with Crippen LogP contribution in [-0.2, 0) is 6.54 Å². The molecule has 0 unspecified atom stereocenters. The Labute approximate surface area is 107 Å². The zero-order valence-electron chi connectivity index (χ0n) is 10.8. The van der Waals surface area contributed by atoms with Gasteiger partial charge in [0.05, 0.1) is 11.0 Å². The molecule has 0 amide bonds. The highest BCUT2D eigenvalue weighted by Crippen LogP contribution is 2.26. The smallest absolute Gasteiger partial charge is 0.201 e. The lowest BCUT2D eigenvalue weighted by atomic mass is 10.3. The van der Waals surface area contributed by atoms with E-state index in [1.54, 1.807) is 0 Å². The molecule has 0 aliphatic heterocycles. The maximum atomic E-state index is 6.01. The molecule has 18 heavy (non-hydrogen) atoms. The summed E-state index contributed by atoms with van der Waals surface area (Å²) in [6, 6.07) is 8.96. The van der Waals surface area contributed by atoms with Crippen LogP contribution in [0.1, 0.15) is 19.8 Å². The second kappa shape index (κ2) is 4.61. The van der Waals surface area contributed by atoms with Crippen LogP contribution < -0.4 is 5.73 Å². The second-order valence-electron chi connectivity index (χ2n) is 4.97.